The number of aryl methyl sites for hydroxylation is 1. The summed E-state index contributed by atoms with van der Waals surface area (Å²) in [6.45, 7) is 5.26. The van der Waals surface area contributed by atoms with E-state index in [9.17, 15) is 0 Å². The molecule has 1 aliphatic carbocycles. The topological polar surface area (TPSA) is 29.9 Å². The van der Waals surface area contributed by atoms with Gasteiger partial charge in [-0.3, -0.25) is 4.68 Å². The molecule has 1 heterocycles. The summed E-state index contributed by atoms with van der Waals surface area (Å²) in [5, 5.41) is 8.44. The Hall–Kier alpha value is -0.540. The molecule has 15 heavy (non-hydrogen) atoms. The highest BCUT2D eigenvalue weighted by molar-refractivity contribution is 6.31. The third-order valence-corrected chi connectivity index (χ3v) is 3.63. The van der Waals surface area contributed by atoms with Gasteiger partial charge in [0.1, 0.15) is 0 Å². The summed E-state index contributed by atoms with van der Waals surface area (Å²) < 4.78 is 1.99. The van der Waals surface area contributed by atoms with Crippen LogP contribution < -0.4 is 5.32 Å². The van der Waals surface area contributed by atoms with E-state index in [2.05, 4.69) is 24.3 Å². The maximum Gasteiger partial charge on any atom is 0.0834 e. The van der Waals surface area contributed by atoms with Crippen LogP contribution in [0, 0.1) is 11.8 Å². The molecule has 1 aromatic heterocycles. The first-order valence-corrected chi connectivity index (χ1v) is 5.95. The van der Waals surface area contributed by atoms with Gasteiger partial charge in [0.05, 0.1) is 23.0 Å². The zero-order valence-corrected chi connectivity index (χ0v) is 10.3. The summed E-state index contributed by atoms with van der Waals surface area (Å²) in [5.74, 6) is 1.52. The highest BCUT2D eigenvalue weighted by Crippen LogP contribution is 2.47. The molecule has 0 radical (unpaired) electrons. The molecule has 0 amide bonds. The van der Waals surface area contributed by atoms with E-state index < -0.39 is 0 Å². The van der Waals surface area contributed by atoms with Gasteiger partial charge in [-0.15, -0.1) is 0 Å². The normalized spacial score (nSPS) is 26.7. The van der Waals surface area contributed by atoms with Gasteiger partial charge in [0.25, 0.3) is 0 Å². The van der Waals surface area contributed by atoms with Crippen molar-refractivity contribution in [2.75, 3.05) is 7.05 Å². The van der Waals surface area contributed by atoms with Gasteiger partial charge in [0.2, 0.25) is 0 Å². The summed E-state index contributed by atoms with van der Waals surface area (Å²) in [6.07, 6.45) is 3.04. The maximum atomic E-state index is 6.19. The maximum absolute atomic E-state index is 6.19. The second-order valence-electron chi connectivity index (χ2n) is 4.34. The van der Waals surface area contributed by atoms with Crippen LogP contribution in [0.1, 0.15) is 32.0 Å². The quantitative estimate of drug-likeness (QED) is 0.857. The number of nitrogens with one attached hydrogen (secondary N) is 1. The highest BCUT2D eigenvalue weighted by Gasteiger charge is 2.41. The van der Waals surface area contributed by atoms with Crippen LogP contribution in [0.4, 0.5) is 0 Å². The summed E-state index contributed by atoms with van der Waals surface area (Å²) in [7, 11) is 2.00. The van der Waals surface area contributed by atoms with Gasteiger partial charge < -0.3 is 5.32 Å². The molecule has 1 aliphatic rings. The molecule has 4 heteroatoms. The smallest absolute Gasteiger partial charge is 0.0834 e. The molecule has 1 N–H and O–H groups in total. The first kappa shape index (κ1) is 11.0. The molecule has 84 valence electrons. The molecule has 1 aromatic rings. The van der Waals surface area contributed by atoms with Crippen molar-refractivity contribution in [1.82, 2.24) is 15.1 Å². The van der Waals surface area contributed by atoms with Gasteiger partial charge in [-0.2, -0.15) is 5.10 Å². The van der Waals surface area contributed by atoms with Crippen LogP contribution >= 0.6 is 11.6 Å². The molecular weight excluding hydrogens is 210 g/mol. The van der Waals surface area contributed by atoms with E-state index in [1.54, 1.807) is 6.20 Å². The molecule has 1 saturated carbocycles. The van der Waals surface area contributed by atoms with E-state index in [1.165, 1.54) is 6.42 Å². The van der Waals surface area contributed by atoms with Crippen LogP contribution in [0.3, 0.4) is 0 Å². The number of halogens is 1. The van der Waals surface area contributed by atoms with Gasteiger partial charge >= 0.3 is 0 Å². The van der Waals surface area contributed by atoms with Gasteiger partial charge in [-0.25, -0.2) is 0 Å². The number of hydrogen-bond acceptors (Lipinski definition) is 2. The third kappa shape index (κ3) is 1.91. The zero-order valence-electron chi connectivity index (χ0n) is 9.50. The number of hydrogen-bond donors (Lipinski definition) is 1. The minimum absolute atomic E-state index is 0.356. The van der Waals surface area contributed by atoms with Crippen LogP contribution in [0.25, 0.3) is 0 Å². The molecule has 1 fully saturated rings. The third-order valence-electron chi connectivity index (χ3n) is 3.34. The molecule has 0 bridgehead atoms. The second kappa shape index (κ2) is 4.14. The Kier molecular flexibility index (Phi) is 3.03. The summed E-state index contributed by atoms with van der Waals surface area (Å²) in [4.78, 5) is 0. The number of rotatable bonds is 4. The standard InChI is InChI=1S/C11H18ClN3/c1-4-15-11(9(12)6-14-15)10(13-3)8-5-7(8)2/h6-8,10,13H,4-5H2,1-3H3. The molecule has 3 atom stereocenters. The fourth-order valence-electron chi connectivity index (χ4n) is 2.30. The van der Waals surface area contributed by atoms with Crippen molar-refractivity contribution < 1.29 is 0 Å². The van der Waals surface area contributed by atoms with Crippen LogP contribution in [0.2, 0.25) is 5.02 Å². The van der Waals surface area contributed by atoms with Gasteiger partial charge in [-0.05, 0) is 32.2 Å². The lowest BCUT2D eigenvalue weighted by atomic mass is 10.1. The largest absolute Gasteiger partial charge is 0.311 e. The van der Waals surface area contributed by atoms with E-state index in [0.717, 1.165) is 29.1 Å². The van der Waals surface area contributed by atoms with Crippen LogP contribution in [0.5, 0.6) is 0 Å². The van der Waals surface area contributed by atoms with E-state index in [-0.39, 0.29) is 0 Å². The summed E-state index contributed by atoms with van der Waals surface area (Å²) >= 11 is 6.19. The predicted octanol–water partition coefficient (Wildman–Crippen LogP) is 2.47. The molecule has 0 spiro atoms. The minimum atomic E-state index is 0.356. The van der Waals surface area contributed by atoms with Crippen molar-refractivity contribution in [2.45, 2.75) is 32.9 Å². The molecule has 2 rings (SSSR count). The average Bonchev–Trinajstić information content (AvgIpc) is 2.82. The molecule has 0 saturated heterocycles. The summed E-state index contributed by atoms with van der Waals surface area (Å²) in [5.41, 5.74) is 1.15. The van der Waals surface area contributed by atoms with Gasteiger partial charge in [-0.1, -0.05) is 18.5 Å². The SMILES string of the molecule is CCn1ncc(Cl)c1C(NC)C1CC1C. The Labute approximate surface area is 95.8 Å². The van der Waals surface area contributed by atoms with Crippen molar-refractivity contribution in [1.29, 1.82) is 0 Å². The van der Waals surface area contributed by atoms with E-state index >= 15 is 0 Å². The lowest BCUT2D eigenvalue weighted by Crippen LogP contribution is -2.23. The van der Waals surface area contributed by atoms with Crippen LogP contribution in [-0.4, -0.2) is 16.8 Å². The van der Waals surface area contributed by atoms with Gasteiger partial charge in [0, 0.05) is 6.54 Å². The number of nitrogens with zero attached hydrogens (tertiary/aromatic N) is 2. The highest BCUT2D eigenvalue weighted by atomic mass is 35.5. The van der Waals surface area contributed by atoms with E-state index in [0.29, 0.717) is 6.04 Å². The average molecular weight is 228 g/mol. The first-order chi connectivity index (χ1) is 7.19. The van der Waals surface area contributed by atoms with Crippen molar-refractivity contribution in [3.8, 4) is 0 Å². The molecule has 3 unspecified atom stereocenters. The lowest BCUT2D eigenvalue weighted by Gasteiger charge is -2.18. The summed E-state index contributed by atoms with van der Waals surface area (Å²) in [6, 6.07) is 0.356. The Balaban J connectivity index is 2.28. The Morgan fingerprint density at radius 1 is 1.73 bits per heavy atom. The van der Waals surface area contributed by atoms with E-state index in [1.807, 2.05) is 11.7 Å². The van der Waals surface area contributed by atoms with Crippen molar-refractivity contribution in [3.63, 3.8) is 0 Å². The van der Waals surface area contributed by atoms with Crippen molar-refractivity contribution in [3.05, 3.63) is 16.9 Å². The fourth-order valence-corrected chi connectivity index (χ4v) is 2.56. The first-order valence-electron chi connectivity index (χ1n) is 5.57. The zero-order chi connectivity index (χ0) is 11.0. The second-order valence-corrected chi connectivity index (χ2v) is 4.74. The predicted molar refractivity (Wildman–Crippen MR) is 62.0 cm³/mol. The lowest BCUT2D eigenvalue weighted by molar-refractivity contribution is 0.456. The molecule has 0 aromatic carbocycles. The Bertz CT molecular complexity index is 348. The Morgan fingerprint density at radius 2 is 2.40 bits per heavy atom. The van der Waals surface area contributed by atoms with Gasteiger partial charge in [0.15, 0.2) is 0 Å². The monoisotopic (exact) mass is 227 g/mol. The molecule has 0 aliphatic heterocycles. The number of aromatic nitrogens is 2. The minimum Gasteiger partial charge on any atom is -0.311 e. The Morgan fingerprint density at radius 3 is 2.87 bits per heavy atom. The van der Waals surface area contributed by atoms with Crippen molar-refractivity contribution >= 4 is 11.6 Å². The molecule has 3 nitrogen and oxygen atoms in total. The van der Waals surface area contributed by atoms with Crippen LogP contribution in [0.15, 0.2) is 6.20 Å². The molecular formula is C11H18ClN3. The fraction of sp³-hybridized carbons (Fsp3) is 0.727. The van der Waals surface area contributed by atoms with Crippen LogP contribution in [-0.2, 0) is 6.54 Å². The van der Waals surface area contributed by atoms with Crippen molar-refractivity contribution in [2.24, 2.45) is 11.8 Å². The van der Waals surface area contributed by atoms with E-state index in [4.69, 9.17) is 11.6 Å².